The zero-order valence-electron chi connectivity index (χ0n) is 12.9. The van der Waals surface area contributed by atoms with E-state index in [0.717, 1.165) is 11.4 Å². The number of nitrogen functional groups attached to an aromatic ring is 1. The lowest BCUT2D eigenvalue weighted by atomic mass is 10.2. The summed E-state index contributed by atoms with van der Waals surface area (Å²) in [6, 6.07) is 3.50. The molecule has 0 aromatic carbocycles. The quantitative estimate of drug-likeness (QED) is 0.795. The molecule has 3 aromatic heterocycles. The van der Waals surface area contributed by atoms with E-state index >= 15 is 0 Å². The molecular formula is C15H15FN6O. The van der Waals surface area contributed by atoms with Crippen molar-refractivity contribution >= 4 is 5.82 Å². The van der Waals surface area contributed by atoms with E-state index in [0.29, 0.717) is 11.3 Å². The zero-order valence-corrected chi connectivity index (χ0v) is 12.9. The van der Waals surface area contributed by atoms with Crippen LogP contribution in [0.25, 0.3) is 17.2 Å². The van der Waals surface area contributed by atoms with Crippen LogP contribution in [0.1, 0.15) is 11.4 Å². The summed E-state index contributed by atoms with van der Waals surface area (Å²) in [5.41, 5.74) is 7.82. The fraction of sp³-hybridized carbons (Fsp3) is 0.200. The molecule has 0 fully saturated rings. The third kappa shape index (κ3) is 2.70. The van der Waals surface area contributed by atoms with Crippen LogP contribution in [0.3, 0.4) is 0 Å². The van der Waals surface area contributed by atoms with Crippen LogP contribution < -0.4 is 10.5 Å². The summed E-state index contributed by atoms with van der Waals surface area (Å²) < 4.78 is 21.0. The van der Waals surface area contributed by atoms with Crippen molar-refractivity contribution in [1.29, 1.82) is 0 Å². The highest BCUT2D eigenvalue weighted by atomic mass is 19.1. The smallest absolute Gasteiger partial charge is 0.253 e. The number of nitrogens with zero attached hydrogens (tertiary/aromatic N) is 5. The van der Waals surface area contributed by atoms with Gasteiger partial charge < -0.3 is 10.5 Å². The van der Waals surface area contributed by atoms with Crippen molar-refractivity contribution in [3.05, 3.63) is 41.7 Å². The highest BCUT2D eigenvalue weighted by Gasteiger charge is 2.17. The molecule has 0 unspecified atom stereocenters. The topological polar surface area (TPSA) is 91.7 Å². The molecule has 0 saturated heterocycles. The number of nitrogens with two attached hydrogens (primary N) is 1. The number of rotatable bonds is 3. The van der Waals surface area contributed by atoms with Gasteiger partial charge in [0.1, 0.15) is 11.4 Å². The van der Waals surface area contributed by atoms with E-state index < -0.39 is 5.82 Å². The van der Waals surface area contributed by atoms with E-state index in [2.05, 4.69) is 20.1 Å². The van der Waals surface area contributed by atoms with Crippen molar-refractivity contribution in [1.82, 2.24) is 24.7 Å². The Labute approximate surface area is 132 Å². The van der Waals surface area contributed by atoms with Crippen LogP contribution in [-0.4, -0.2) is 31.8 Å². The van der Waals surface area contributed by atoms with E-state index in [1.165, 1.54) is 24.2 Å². The predicted octanol–water partition coefficient (Wildman–Crippen LogP) is 2.07. The van der Waals surface area contributed by atoms with Crippen molar-refractivity contribution in [2.24, 2.45) is 0 Å². The van der Waals surface area contributed by atoms with Crippen molar-refractivity contribution in [3.8, 4) is 23.0 Å². The summed E-state index contributed by atoms with van der Waals surface area (Å²) in [7, 11) is 1.51. The fourth-order valence-corrected chi connectivity index (χ4v) is 2.23. The van der Waals surface area contributed by atoms with Gasteiger partial charge >= 0.3 is 0 Å². The van der Waals surface area contributed by atoms with Gasteiger partial charge in [0, 0.05) is 17.5 Å². The number of anilines is 1. The first-order chi connectivity index (χ1) is 11.0. The van der Waals surface area contributed by atoms with Gasteiger partial charge in [-0.1, -0.05) is 0 Å². The summed E-state index contributed by atoms with van der Waals surface area (Å²) in [5, 5.41) is 4.29. The molecule has 3 rings (SSSR count). The summed E-state index contributed by atoms with van der Waals surface area (Å²) in [6.45, 7) is 3.71. The van der Waals surface area contributed by atoms with Crippen LogP contribution in [0.5, 0.6) is 5.75 Å². The van der Waals surface area contributed by atoms with Crippen LogP contribution in [0.4, 0.5) is 10.2 Å². The number of halogens is 1. The molecule has 0 saturated carbocycles. The molecule has 0 amide bonds. The van der Waals surface area contributed by atoms with Crippen LogP contribution in [0.15, 0.2) is 24.5 Å². The fourth-order valence-electron chi connectivity index (χ4n) is 2.23. The SMILES string of the molecule is COc1cncc(-c2nc(-n3nc(C)cc3C)nc(N)c2F)c1. The largest absolute Gasteiger partial charge is 0.495 e. The molecular weight excluding hydrogens is 299 g/mol. The van der Waals surface area contributed by atoms with Crippen LogP contribution >= 0.6 is 0 Å². The monoisotopic (exact) mass is 314 g/mol. The van der Waals surface area contributed by atoms with Gasteiger partial charge in [-0.25, -0.2) is 14.1 Å². The first-order valence-corrected chi connectivity index (χ1v) is 6.85. The van der Waals surface area contributed by atoms with Crippen LogP contribution in [0, 0.1) is 19.7 Å². The molecule has 8 heteroatoms. The first kappa shape index (κ1) is 14.9. The highest BCUT2D eigenvalue weighted by Crippen LogP contribution is 2.26. The van der Waals surface area contributed by atoms with Crippen LogP contribution in [-0.2, 0) is 0 Å². The molecule has 118 valence electrons. The van der Waals surface area contributed by atoms with Crippen molar-refractivity contribution in [3.63, 3.8) is 0 Å². The molecule has 23 heavy (non-hydrogen) atoms. The zero-order chi connectivity index (χ0) is 16.6. The van der Waals surface area contributed by atoms with Gasteiger partial charge in [0.15, 0.2) is 11.6 Å². The summed E-state index contributed by atoms with van der Waals surface area (Å²) in [4.78, 5) is 12.3. The number of aromatic nitrogens is 5. The number of hydrogen-bond acceptors (Lipinski definition) is 6. The van der Waals surface area contributed by atoms with Gasteiger partial charge in [-0.3, -0.25) is 4.98 Å². The maximum atomic E-state index is 14.4. The average Bonchev–Trinajstić information content (AvgIpc) is 2.88. The number of ether oxygens (including phenoxy) is 1. The standard InChI is InChI=1S/C15H15FN6O/c1-8-4-9(2)22(21-8)15-19-13(12(16)14(17)20-15)10-5-11(23-3)7-18-6-10/h4-7H,1-3H3,(H2,17,19,20). The summed E-state index contributed by atoms with van der Waals surface area (Å²) in [5.74, 6) is -0.259. The molecule has 3 heterocycles. The molecule has 0 aliphatic rings. The van der Waals surface area contributed by atoms with E-state index in [1.807, 2.05) is 19.9 Å². The van der Waals surface area contributed by atoms with Crippen molar-refractivity contribution < 1.29 is 9.13 Å². The maximum Gasteiger partial charge on any atom is 0.253 e. The Morgan fingerprint density at radius 2 is 1.96 bits per heavy atom. The molecule has 0 radical (unpaired) electrons. The Hall–Kier alpha value is -3.03. The van der Waals surface area contributed by atoms with Gasteiger partial charge in [-0.2, -0.15) is 10.1 Å². The molecule has 2 N–H and O–H groups in total. The number of methoxy groups -OCH3 is 1. The Kier molecular flexibility index (Phi) is 3.65. The predicted molar refractivity (Wildman–Crippen MR) is 82.8 cm³/mol. The first-order valence-electron chi connectivity index (χ1n) is 6.85. The molecule has 0 aliphatic heterocycles. The summed E-state index contributed by atoms with van der Waals surface area (Å²) >= 11 is 0. The number of pyridine rings is 1. The van der Waals surface area contributed by atoms with Gasteiger partial charge in [-0.05, 0) is 26.0 Å². The minimum absolute atomic E-state index is 0.0476. The lowest BCUT2D eigenvalue weighted by molar-refractivity contribution is 0.413. The average molecular weight is 314 g/mol. The third-order valence-corrected chi connectivity index (χ3v) is 3.29. The lowest BCUT2D eigenvalue weighted by Gasteiger charge is -2.09. The van der Waals surface area contributed by atoms with Gasteiger partial charge in [-0.15, -0.1) is 0 Å². The summed E-state index contributed by atoms with van der Waals surface area (Å²) in [6.07, 6.45) is 3.01. The van der Waals surface area contributed by atoms with E-state index in [-0.39, 0.29) is 17.5 Å². The van der Waals surface area contributed by atoms with Gasteiger partial charge in [0.05, 0.1) is 19.0 Å². The maximum absolute atomic E-state index is 14.4. The van der Waals surface area contributed by atoms with E-state index in [1.54, 1.807) is 6.07 Å². The number of aryl methyl sites for hydroxylation is 2. The molecule has 3 aromatic rings. The van der Waals surface area contributed by atoms with Gasteiger partial charge in [0.25, 0.3) is 5.95 Å². The Morgan fingerprint density at radius 1 is 1.17 bits per heavy atom. The van der Waals surface area contributed by atoms with E-state index in [9.17, 15) is 4.39 Å². The third-order valence-electron chi connectivity index (χ3n) is 3.29. The van der Waals surface area contributed by atoms with Crippen LogP contribution in [0.2, 0.25) is 0 Å². The minimum Gasteiger partial charge on any atom is -0.495 e. The second-order valence-electron chi connectivity index (χ2n) is 5.02. The normalized spacial score (nSPS) is 10.8. The molecule has 0 aliphatic carbocycles. The Morgan fingerprint density at radius 3 is 2.61 bits per heavy atom. The second-order valence-corrected chi connectivity index (χ2v) is 5.02. The lowest BCUT2D eigenvalue weighted by Crippen LogP contribution is -2.10. The molecule has 0 spiro atoms. The molecule has 0 atom stereocenters. The number of hydrogen-bond donors (Lipinski definition) is 1. The Bertz CT molecular complexity index is 876. The van der Waals surface area contributed by atoms with E-state index in [4.69, 9.17) is 10.5 Å². The van der Waals surface area contributed by atoms with Gasteiger partial charge in [0.2, 0.25) is 0 Å². The minimum atomic E-state index is -0.703. The molecule has 7 nitrogen and oxygen atoms in total. The second kappa shape index (κ2) is 5.64. The highest BCUT2D eigenvalue weighted by molar-refractivity contribution is 5.64. The Balaban J connectivity index is 2.19. The van der Waals surface area contributed by atoms with Crippen molar-refractivity contribution in [2.45, 2.75) is 13.8 Å². The molecule has 0 bridgehead atoms. The van der Waals surface area contributed by atoms with Crippen molar-refractivity contribution in [2.75, 3.05) is 12.8 Å².